The first-order valence-electron chi connectivity index (χ1n) is 4.15. The lowest BCUT2D eigenvalue weighted by Crippen LogP contribution is -2.37. The number of nitrogens with zero attached hydrogens (tertiary/aromatic N) is 1. The van der Waals surface area contributed by atoms with Crippen LogP contribution >= 0.6 is 15.9 Å². The van der Waals surface area contributed by atoms with E-state index in [4.69, 9.17) is 5.11 Å². The summed E-state index contributed by atoms with van der Waals surface area (Å²) >= 11 is 3.23. The molecule has 0 aliphatic rings. The molecule has 15 heavy (non-hydrogen) atoms. The Morgan fingerprint density at radius 3 is 2.93 bits per heavy atom. The minimum absolute atomic E-state index is 0.209. The Hall–Kier alpha value is -1.43. The monoisotopic (exact) mass is 272 g/mol. The second-order valence-electron chi connectivity index (χ2n) is 2.89. The van der Waals surface area contributed by atoms with E-state index in [1.165, 1.54) is 0 Å². The van der Waals surface area contributed by atoms with Crippen LogP contribution in [0.4, 0.5) is 0 Å². The number of carbonyl (C=O) groups excluding carboxylic acids is 1. The van der Waals surface area contributed by atoms with E-state index in [0.717, 1.165) is 10.0 Å². The van der Waals surface area contributed by atoms with E-state index in [-0.39, 0.29) is 6.42 Å². The van der Waals surface area contributed by atoms with Gasteiger partial charge in [0.1, 0.15) is 6.04 Å². The average Bonchev–Trinajstić information content (AvgIpc) is 2.17. The van der Waals surface area contributed by atoms with Gasteiger partial charge in [0.15, 0.2) is 0 Å². The Bertz CT molecular complexity index is 370. The van der Waals surface area contributed by atoms with Gasteiger partial charge in [0.05, 0.1) is 0 Å². The van der Waals surface area contributed by atoms with Gasteiger partial charge in [0, 0.05) is 23.3 Å². The zero-order chi connectivity index (χ0) is 11.3. The highest BCUT2D eigenvalue weighted by Crippen LogP contribution is 2.11. The van der Waals surface area contributed by atoms with Gasteiger partial charge in [-0.05, 0) is 27.6 Å². The van der Waals surface area contributed by atoms with Crippen LogP contribution in [-0.2, 0) is 16.0 Å². The predicted molar refractivity (Wildman–Crippen MR) is 56.3 cm³/mol. The lowest BCUT2D eigenvalue weighted by Gasteiger charge is -2.10. The quantitative estimate of drug-likeness (QED) is 0.769. The Labute approximate surface area is 94.6 Å². The summed E-state index contributed by atoms with van der Waals surface area (Å²) in [5, 5.41) is 11.0. The largest absolute Gasteiger partial charge is 0.480 e. The third-order valence-corrected chi connectivity index (χ3v) is 2.20. The van der Waals surface area contributed by atoms with Crippen molar-refractivity contribution in [2.75, 3.05) is 0 Å². The summed E-state index contributed by atoms with van der Waals surface area (Å²) in [5.41, 5.74) is 0.742. The molecular formula is C9H9BrN2O3. The van der Waals surface area contributed by atoms with E-state index in [2.05, 4.69) is 26.2 Å². The molecule has 0 saturated heterocycles. The predicted octanol–water partition coefficient (Wildman–Crippen LogP) is 0.586. The molecule has 1 rings (SSSR count). The van der Waals surface area contributed by atoms with Gasteiger partial charge in [0.2, 0.25) is 6.41 Å². The summed E-state index contributed by atoms with van der Waals surface area (Å²) in [6.07, 6.45) is 3.75. The minimum atomic E-state index is -1.07. The van der Waals surface area contributed by atoms with Crippen LogP contribution in [0, 0.1) is 0 Å². The molecule has 0 aliphatic heterocycles. The number of hydrogen-bond acceptors (Lipinski definition) is 3. The first-order chi connectivity index (χ1) is 7.13. The Kier molecular flexibility index (Phi) is 4.23. The normalized spacial score (nSPS) is 11.8. The topological polar surface area (TPSA) is 79.3 Å². The van der Waals surface area contributed by atoms with Crippen LogP contribution in [0.5, 0.6) is 0 Å². The van der Waals surface area contributed by atoms with Gasteiger partial charge in [-0.15, -0.1) is 0 Å². The van der Waals surface area contributed by atoms with Crippen LogP contribution in [0.3, 0.4) is 0 Å². The molecule has 2 N–H and O–H groups in total. The Morgan fingerprint density at radius 2 is 2.40 bits per heavy atom. The van der Waals surface area contributed by atoms with Crippen molar-refractivity contribution in [3.8, 4) is 0 Å². The fraction of sp³-hybridized carbons (Fsp3) is 0.222. The summed E-state index contributed by atoms with van der Waals surface area (Å²) in [5.74, 6) is -1.07. The third-order valence-electron chi connectivity index (χ3n) is 1.77. The molecule has 1 unspecified atom stereocenters. The summed E-state index contributed by atoms with van der Waals surface area (Å²) in [6.45, 7) is 0. The number of aliphatic carboxylic acids is 1. The van der Waals surface area contributed by atoms with Crippen LogP contribution < -0.4 is 5.32 Å². The van der Waals surface area contributed by atoms with E-state index in [9.17, 15) is 9.59 Å². The molecular weight excluding hydrogens is 264 g/mol. The van der Waals surface area contributed by atoms with E-state index < -0.39 is 12.0 Å². The Balaban J connectivity index is 2.73. The van der Waals surface area contributed by atoms with Gasteiger partial charge in [-0.2, -0.15) is 0 Å². The molecule has 0 aromatic carbocycles. The molecule has 1 atom stereocenters. The van der Waals surface area contributed by atoms with Gasteiger partial charge in [-0.25, -0.2) is 4.79 Å². The zero-order valence-electron chi connectivity index (χ0n) is 7.68. The van der Waals surface area contributed by atoms with Crippen molar-refractivity contribution in [3.05, 3.63) is 28.5 Å². The SMILES string of the molecule is O=CNC(Cc1cncc(Br)c1)C(=O)O. The van der Waals surface area contributed by atoms with Gasteiger partial charge >= 0.3 is 5.97 Å². The maximum absolute atomic E-state index is 10.7. The van der Waals surface area contributed by atoms with Crippen molar-refractivity contribution in [2.24, 2.45) is 0 Å². The van der Waals surface area contributed by atoms with E-state index in [0.29, 0.717) is 6.41 Å². The number of nitrogens with one attached hydrogen (secondary N) is 1. The average molecular weight is 273 g/mol. The van der Waals surface area contributed by atoms with Crippen molar-refractivity contribution in [3.63, 3.8) is 0 Å². The van der Waals surface area contributed by atoms with Crippen molar-refractivity contribution < 1.29 is 14.7 Å². The fourth-order valence-corrected chi connectivity index (χ4v) is 1.52. The maximum Gasteiger partial charge on any atom is 0.326 e. The van der Waals surface area contributed by atoms with Crippen LogP contribution in [0.25, 0.3) is 0 Å². The summed E-state index contributed by atoms with van der Waals surface area (Å²) in [4.78, 5) is 24.8. The first kappa shape index (κ1) is 11.6. The van der Waals surface area contributed by atoms with Crippen molar-refractivity contribution in [2.45, 2.75) is 12.5 Å². The van der Waals surface area contributed by atoms with Crippen LogP contribution in [0.1, 0.15) is 5.56 Å². The first-order valence-corrected chi connectivity index (χ1v) is 4.94. The fourth-order valence-electron chi connectivity index (χ4n) is 1.10. The number of rotatable bonds is 5. The molecule has 0 saturated carbocycles. The number of hydrogen-bond donors (Lipinski definition) is 2. The van der Waals surface area contributed by atoms with Crippen molar-refractivity contribution in [1.82, 2.24) is 10.3 Å². The number of aromatic nitrogens is 1. The smallest absolute Gasteiger partial charge is 0.326 e. The Morgan fingerprint density at radius 1 is 1.67 bits per heavy atom. The number of carbonyl (C=O) groups is 2. The number of halogens is 1. The molecule has 1 aromatic rings. The van der Waals surface area contributed by atoms with E-state index in [1.54, 1.807) is 18.5 Å². The molecule has 0 fully saturated rings. The molecule has 80 valence electrons. The van der Waals surface area contributed by atoms with Crippen LogP contribution in [-0.4, -0.2) is 28.5 Å². The standard InChI is InChI=1S/C9H9BrN2O3/c10-7-1-6(3-11-4-7)2-8(9(14)15)12-5-13/h1,3-5,8H,2H2,(H,12,13)(H,14,15). The summed E-state index contributed by atoms with van der Waals surface area (Å²) in [7, 11) is 0. The van der Waals surface area contributed by atoms with Crippen molar-refractivity contribution in [1.29, 1.82) is 0 Å². The molecule has 1 aromatic heterocycles. The lowest BCUT2D eigenvalue weighted by atomic mass is 10.1. The summed E-state index contributed by atoms with van der Waals surface area (Å²) < 4.78 is 0.773. The van der Waals surface area contributed by atoms with Crippen molar-refractivity contribution >= 4 is 28.3 Å². The van der Waals surface area contributed by atoms with Crippen LogP contribution in [0.2, 0.25) is 0 Å². The highest BCUT2D eigenvalue weighted by atomic mass is 79.9. The number of pyridine rings is 1. The highest BCUT2D eigenvalue weighted by Gasteiger charge is 2.16. The molecule has 0 bridgehead atoms. The summed E-state index contributed by atoms with van der Waals surface area (Å²) in [6, 6.07) is 0.841. The highest BCUT2D eigenvalue weighted by molar-refractivity contribution is 9.10. The molecule has 6 heteroatoms. The molecule has 0 aliphatic carbocycles. The van der Waals surface area contributed by atoms with Gasteiger partial charge in [-0.1, -0.05) is 0 Å². The van der Waals surface area contributed by atoms with E-state index in [1.807, 2.05) is 0 Å². The molecule has 1 heterocycles. The third kappa shape index (κ3) is 3.67. The zero-order valence-corrected chi connectivity index (χ0v) is 9.27. The lowest BCUT2D eigenvalue weighted by molar-refractivity contribution is -0.140. The molecule has 0 radical (unpaired) electrons. The van der Waals surface area contributed by atoms with E-state index >= 15 is 0 Å². The molecule has 0 spiro atoms. The maximum atomic E-state index is 10.7. The number of carboxylic acids is 1. The second-order valence-corrected chi connectivity index (χ2v) is 3.81. The van der Waals surface area contributed by atoms with Gasteiger partial charge in [-0.3, -0.25) is 9.78 Å². The van der Waals surface area contributed by atoms with Gasteiger partial charge in [0.25, 0.3) is 0 Å². The van der Waals surface area contributed by atoms with Crippen LogP contribution in [0.15, 0.2) is 22.9 Å². The molecule has 5 nitrogen and oxygen atoms in total. The second kappa shape index (κ2) is 5.45. The van der Waals surface area contributed by atoms with Gasteiger partial charge < -0.3 is 10.4 Å². The number of amides is 1. The molecule has 1 amide bonds. The number of carboxylic acid groups (broad SMARTS) is 1. The minimum Gasteiger partial charge on any atom is -0.480 e.